The van der Waals surface area contributed by atoms with E-state index in [-0.39, 0.29) is 18.3 Å². The van der Waals surface area contributed by atoms with Gasteiger partial charge in [-0.15, -0.1) is 0 Å². The molecule has 0 radical (unpaired) electrons. The summed E-state index contributed by atoms with van der Waals surface area (Å²) >= 11 is 0. The molecule has 0 aromatic heterocycles. The molecule has 0 saturated carbocycles. The lowest BCUT2D eigenvalue weighted by atomic mass is 10.0. The van der Waals surface area contributed by atoms with Crippen molar-refractivity contribution in [2.75, 3.05) is 19.5 Å². The number of carboxylic acids is 1. The Kier molecular flexibility index (Phi) is 6.54. The molecule has 16 heavy (non-hydrogen) atoms. The van der Waals surface area contributed by atoms with E-state index in [0.717, 1.165) is 0 Å². The van der Waals surface area contributed by atoms with Gasteiger partial charge in [0.25, 0.3) is 0 Å². The summed E-state index contributed by atoms with van der Waals surface area (Å²) in [5.41, 5.74) is 0. The minimum atomic E-state index is -3.60. The third-order valence-corrected chi connectivity index (χ3v) is 3.66. The van der Waals surface area contributed by atoms with Crippen LogP contribution in [0.3, 0.4) is 0 Å². The van der Waals surface area contributed by atoms with Crippen LogP contribution in [0, 0.1) is 5.92 Å². The zero-order valence-corrected chi connectivity index (χ0v) is 10.6. The molecule has 0 aromatic rings. The van der Waals surface area contributed by atoms with E-state index in [9.17, 15) is 13.2 Å². The number of rotatable bonds is 8. The van der Waals surface area contributed by atoms with E-state index < -0.39 is 22.0 Å². The molecule has 0 aromatic carbocycles. The molecule has 2 atom stereocenters. The van der Waals surface area contributed by atoms with Crippen LogP contribution in [0.1, 0.15) is 20.3 Å². The Balaban J connectivity index is 4.57. The van der Waals surface area contributed by atoms with Crippen LogP contribution in [0.4, 0.5) is 0 Å². The number of hydrogen-bond donors (Lipinski definition) is 2. The first-order chi connectivity index (χ1) is 7.34. The largest absolute Gasteiger partial charge is 0.480 e. The van der Waals surface area contributed by atoms with Crippen LogP contribution in [-0.4, -0.2) is 45.0 Å². The van der Waals surface area contributed by atoms with Crippen molar-refractivity contribution in [1.29, 1.82) is 0 Å². The second kappa shape index (κ2) is 6.82. The van der Waals surface area contributed by atoms with Crippen LogP contribution in [0.15, 0.2) is 0 Å². The fraction of sp³-hybridized carbons (Fsp3) is 0.889. The van der Waals surface area contributed by atoms with Crippen LogP contribution in [0.25, 0.3) is 0 Å². The average molecular weight is 253 g/mol. The van der Waals surface area contributed by atoms with Gasteiger partial charge in [-0.2, -0.15) is 0 Å². The smallest absolute Gasteiger partial charge is 0.322 e. The van der Waals surface area contributed by atoms with Crippen LogP contribution >= 0.6 is 0 Å². The maximum atomic E-state index is 11.5. The van der Waals surface area contributed by atoms with Crippen LogP contribution < -0.4 is 4.72 Å². The highest BCUT2D eigenvalue weighted by atomic mass is 32.2. The SMILES string of the molecule is CC[C@H](C)[C@H](NS(=O)(=O)CCOC)C(=O)O. The number of carbonyl (C=O) groups is 1. The number of hydrogen-bond acceptors (Lipinski definition) is 4. The van der Waals surface area contributed by atoms with Crippen molar-refractivity contribution in [1.82, 2.24) is 4.72 Å². The first kappa shape index (κ1) is 15.3. The quantitative estimate of drug-likeness (QED) is 0.637. The molecule has 7 heteroatoms. The highest BCUT2D eigenvalue weighted by Gasteiger charge is 2.27. The summed E-state index contributed by atoms with van der Waals surface area (Å²) in [6, 6.07) is -1.08. The van der Waals surface area contributed by atoms with E-state index in [1.165, 1.54) is 7.11 Å². The van der Waals surface area contributed by atoms with Crippen LogP contribution in [-0.2, 0) is 19.6 Å². The molecule has 96 valence electrons. The lowest BCUT2D eigenvalue weighted by molar-refractivity contribution is -0.140. The minimum absolute atomic E-state index is 0.0438. The predicted molar refractivity (Wildman–Crippen MR) is 59.7 cm³/mol. The van der Waals surface area contributed by atoms with Crippen molar-refractivity contribution in [2.24, 2.45) is 5.92 Å². The Labute approximate surface area is 96.0 Å². The molecule has 0 fully saturated rings. The molecule has 0 aliphatic heterocycles. The molecule has 6 nitrogen and oxygen atoms in total. The summed E-state index contributed by atoms with van der Waals surface area (Å²) in [6.45, 7) is 3.55. The van der Waals surface area contributed by atoms with Gasteiger partial charge in [0.1, 0.15) is 6.04 Å². The fourth-order valence-corrected chi connectivity index (χ4v) is 2.32. The van der Waals surface area contributed by atoms with Crippen molar-refractivity contribution in [2.45, 2.75) is 26.3 Å². The van der Waals surface area contributed by atoms with Gasteiger partial charge < -0.3 is 9.84 Å². The third-order valence-electron chi connectivity index (χ3n) is 2.34. The summed E-state index contributed by atoms with van der Waals surface area (Å²) in [6.07, 6.45) is 0.587. The van der Waals surface area contributed by atoms with E-state index in [1.807, 2.05) is 6.92 Å². The maximum absolute atomic E-state index is 11.5. The molecular weight excluding hydrogens is 234 g/mol. The highest BCUT2D eigenvalue weighted by Crippen LogP contribution is 2.09. The fourth-order valence-electron chi connectivity index (χ4n) is 1.09. The average Bonchev–Trinajstić information content (AvgIpc) is 2.22. The molecule has 0 saturated heterocycles. The minimum Gasteiger partial charge on any atom is -0.480 e. The van der Waals surface area contributed by atoms with E-state index in [0.29, 0.717) is 6.42 Å². The van der Waals surface area contributed by atoms with Crippen molar-refractivity contribution in [3.63, 3.8) is 0 Å². The number of methoxy groups -OCH3 is 1. The summed E-state index contributed by atoms with van der Waals surface area (Å²) in [5, 5.41) is 8.91. The van der Waals surface area contributed by atoms with E-state index in [1.54, 1.807) is 6.92 Å². The molecule has 0 spiro atoms. The molecule has 0 rings (SSSR count). The van der Waals surface area contributed by atoms with Gasteiger partial charge in [0.2, 0.25) is 10.0 Å². The molecule has 0 bridgehead atoms. The standard InChI is InChI=1S/C9H19NO5S/c1-4-7(2)8(9(11)12)10-16(13,14)6-5-15-3/h7-8,10H,4-6H2,1-3H3,(H,11,12)/t7-,8-/m0/s1. The van der Waals surface area contributed by atoms with E-state index in [4.69, 9.17) is 5.11 Å². The normalized spacial score (nSPS) is 15.7. The molecule has 0 aliphatic rings. The highest BCUT2D eigenvalue weighted by molar-refractivity contribution is 7.89. The number of nitrogens with one attached hydrogen (secondary N) is 1. The lowest BCUT2D eigenvalue weighted by Gasteiger charge is -2.19. The zero-order chi connectivity index (χ0) is 12.8. The van der Waals surface area contributed by atoms with E-state index >= 15 is 0 Å². The molecular formula is C9H19NO5S. The second-order valence-corrected chi connectivity index (χ2v) is 5.50. The topological polar surface area (TPSA) is 92.7 Å². The molecule has 0 unspecified atom stereocenters. The first-order valence-corrected chi connectivity index (χ1v) is 6.71. The number of sulfonamides is 1. The number of ether oxygens (including phenoxy) is 1. The third kappa shape index (κ3) is 5.43. The Hall–Kier alpha value is -0.660. The monoisotopic (exact) mass is 253 g/mol. The van der Waals surface area contributed by atoms with Gasteiger partial charge in [-0.05, 0) is 5.92 Å². The lowest BCUT2D eigenvalue weighted by Crippen LogP contribution is -2.46. The van der Waals surface area contributed by atoms with Gasteiger partial charge in [-0.1, -0.05) is 20.3 Å². The Morgan fingerprint density at radius 1 is 1.50 bits per heavy atom. The molecule has 0 heterocycles. The van der Waals surface area contributed by atoms with Gasteiger partial charge in [0.15, 0.2) is 0 Å². The van der Waals surface area contributed by atoms with Crippen molar-refractivity contribution in [3.05, 3.63) is 0 Å². The zero-order valence-electron chi connectivity index (χ0n) is 9.76. The molecule has 2 N–H and O–H groups in total. The number of aliphatic carboxylic acids is 1. The van der Waals surface area contributed by atoms with Crippen LogP contribution in [0.5, 0.6) is 0 Å². The Morgan fingerprint density at radius 2 is 2.06 bits per heavy atom. The van der Waals surface area contributed by atoms with Gasteiger partial charge in [0, 0.05) is 7.11 Å². The second-order valence-electron chi connectivity index (χ2n) is 3.63. The summed E-state index contributed by atoms with van der Waals surface area (Å²) in [7, 11) is -2.21. The Morgan fingerprint density at radius 3 is 2.44 bits per heavy atom. The van der Waals surface area contributed by atoms with Gasteiger partial charge in [-0.3, -0.25) is 4.79 Å². The van der Waals surface area contributed by atoms with Crippen molar-refractivity contribution in [3.8, 4) is 0 Å². The molecule has 0 amide bonds. The predicted octanol–water partition coefficient (Wildman–Crippen LogP) is 0.0515. The summed E-state index contributed by atoms with van der Waals surface area (Å²) < 4.78 is 29.8. The van der Waals surface area contributed by atoms with Gasteiger partial charge >= 0.3 is 5.97 Å². The number of carboxylic acid groups (broad SMARTS) is 1. The van der Waals surface area contributed by atoms with Crippen molar-refractivity contribution < 1.29 is 23.1 Å². The van der Waals surface area contributed by atoms with Gasteiger partial charge in [-0.25, -0.2) is 13.1 Å². The first-order valence-electron chi connectivity index (χ1n) is 5.05. The van der Waals surface area contributed by atoms with Crippen LogP contribution in [0.2, 0.25) is 0 Å². The summed E-state index contributed by atoms with van der Waals surface area (Å²) in [5.74, 6) is -1.64. The van der Waals surface area contributed by atoms with Gasteiger partial charge in [0.05, 0.1) is 12.4 Å². The molecule has 0 aliphatic carbocycles. The van der Waals surface area contributed by atoms with E-state index in [2.05, 4.69) is 9.46 Å². The van der Waals surface area contributed by atoms with Crippen molar-refractivity contribution >= 4 is 16.0 Å². The maximum Gasteiger partial charge on any atom is 0.322 e. The summed E-state index contributed by atoms with van der Waals surface area (Å²) in [4.78, 5) is 10.9. The Bertz CT molecular complexity index is 314.